The van der Waals surface area contributed by atoms with Gasteiger partial charge in [-0.2, -0.15) is 0 Å². The molecule has 0 aliphatic heterocycles. The van der Waals surface area contributed by atoms with E-state index in [1.54, 1.807) is 32.9 Å². The van der Waals surface area contributed by atoms with Crippen molar-refractivity contribution in [3.8, 4) is 5.75 Å². The van der Waals surface area contributed by atoms with Crippen LogP contribution in [0.2, 0.25) is 0 Å². The molecule has 1 aromatic rings. The van der Waals surface area contributed by atoms with Crippen molar-refractivity contribution in [2.24, 2.45) is 0 Å². The summed E-state index contributed by atoms with van der Waals surface area (Å²) >= 11 is 0. The molecular formula is C12H15NO2. The molecule has 0 atom stereocenters. The Morgan fingerprint density at radius 3 is 2.20 bits per heavy atom. The molecule has 0 aliphatic carbocycles. The third kappa shape index (κ3) is 2.59. The number of carbonyl (C=O) groups is 1. The molecule has 3 nitrogen and oxygen atoms in total. The monoisotopic (exact) mass is 205 g/mol. The smallest absolute Gasteiger partial charge is 0.250 e. The van der Waals surface area contributed by atoms with Crippen LogP contribution in [0.4, 0.5) is 5.69 Å². The molecule has 0 fully saturated rings. The Bertz CT molecular complexity index is 399. The van der Waals surface area contributed by atoms with E-state index in [0.29, 0.717) is 11.3 Å². The highest BCUT2D eigenvalue weighted by Gasteiger charge is 2.06. The molecule has 0 spiro atoms. The molecule has 0 bridgehead atoms. The van der Waals surface area contributed by atoms with Gasteiger partial charge in [-0.15, -0.1) is 0 Å². The molecule has 0 saturated carbocycles. The highest BCUT2D eigenvalue weighted by Crippen LogP contribution is 2.25. The minimum atomic E-state index is -0.209. The normalized spacial score (nSPS) is 9.80. The van der Waals surface area contributed by atoms with Crippen LogP contribution in [0.5, 0.6) is 5.75 Å². The summed E-state index contributed by atoms with van der Waals surface area (Å²) in [5.74, 6) is 0.0582. The summed E-state index contributed by atoms with van der Waals surface area (Å²) in [4.78, 5) is 11.3. The summed E-state index contributed by atoms with van der Waals surface area (Å²) in [6.45, 7) is 8.78. The first kappa shape index (κ1) is 11.3. The number of benzene rings is 1. The standard InChI is InChI=1S/C12H15NO2/c1-7(2)12(15)13-10-5-8(3)11(14)9(4)6-10/h5-6,14H,1H2,2-4H3,(H,13,15). The highest BCUT2D eigenvalue weighted by atomic mass is 16.3. The molecule has 80 valence electrons. The zero-order chi connectivity index (χ0) is 11.6. The summed E-state index contributed by atoms with van der Waals surface area (Å²) in [5.41, 5.74) is 2.62. The van der Waals surface area contributed by atoms with E-state index in [0.717, 1.165) is 11.1 Å². The van der Waals surface area contributed by atoms with Gasteiger partial charge in [-0.05, 0) is 44.0 Å². The van der Waals surface area contributed by atoms with Crippen molar-refractivity contribution in [3.63, 3.8) is 0 Å². The fourth-order valence-corrected chi connectivity index (χ4v) is 1.27. The third-order valence-corrected chi connectivity index (χ3v) is 2.14. The molecule has 0 aliphatic rings. The molecule has 0 radical (unpaired) electrons. The van der Waals surface area contributed by atoms with Gasteiger partial charge in [0.25, 0.3) is 5.91 Å². The summed E-state index contributed by atoms with van der Waals surface area (Å²) in [7, 11) is 0. The SMILES string of the molecule is C=C(C)C(=O)Nc1cc(C)c(O)c(C)c1. The van der Waals surface area contributed by atoms with Crippen LogP contribution < -0.4 is 5.32 Å². The minimum Gasteiger partial charge on any atom is -0.507 e. The Balaban J connectivity index is 2.98. The van der Waals surface area contributed by atoms with Gasteiger partial charge in [-0.3, -0.25) is 4.79 Å². The predicted molar refractivity (Wildman–Crippen MR) is 61.0 cm³/mol. The molecule has 0 unspecified atom stereocenters. The zero-order valence-corrected chi connectivity index (χ0v) is 9.22. The van der Waals surface area contributed by atoms with Crippen LogP contribution in [0.3, 0.4) is 0 Å². The zero-order valence-electron chi connectivity index (χ0n) is 9.22. The average Bonchev–Trinajstić information content (AvgIpc) is 2.13. The van der Waals surface area contributed by atoms with Gasteiger partial charge in [0.15, 0.2) is 0 Å². The van der Waals surface area contributed by atoms with Gasteiger partial charge in [0.2, 0.25) is 0 Å². The molecule has 0 saturated heterocycles. The fraction of sp³-hybridized carbons (Fsp3) is 0.250. The number of phenols is 1. The first-order valence-electron chi connectivity index (χ1n) is 4.69. The lowest BCUT2D eigenvalue weighted by Gasteiger charge is -2.09. The van der Waals surface area contributed by atoms with E-state index in [2.05, 4.69) is 11.9 Å². The number of carbonyl (C=O) groups excluding carboxylic acids is 1. The second-order valence-corrected chi connectivity index (χ2v) is 3.69. The maximum Gasteiger partial charge on any atom is 0.250 e. The summed E-state index contributed by atoms with van der Waals surface area (Å²) in [5, 5.41) is 12.2. The predicted octanol–water partition coefficient (Wildman–Crippen LogP) is 2.52. The van der Waals surface area contributed by atoms with Gasteiger partial charge in [-0.1, -0.05) is 6.58 Å². The second kappa shape index (κ2) is 4.17. The average molecular weight is 205 g/mol. The number of nitrogens with one attached hydrogen (secondary N) is 1. The van der Waals surface area contributed by atoms with E-state index in [1.165, 1.54) is 0 Å². The van der Waals surface area contributed by atoms with Gasteiger partial charge in [0.05, 0.1) is 0 Å². The number of aromatic hydroxyl groups is 1. The Labute approximate surface area is 89.4 Å². The van der Waals surface area contributed by atoms with Crippen molar-refractivity contribution < 1.29 is 9.90 Å². The van der Waals surface area contributed by atoms with Gasteiger partial charge in [0.1, 0.15) is 5.75 Å². The van der Waals surface area contributed by atoms with E-state index in [-0.39, 0.29) is 11.7 Å². The van der Waals surface area contributed by atoms with E-state index in [1.807, 2.05) is 0 Å². The number of aryl methyl sites for hydroxylation is 2. The number of anilines is 1. The van der Waals surface area contributed by atoms with Crippen molar-refractivity contribution in [2.75, 3.05) is 5.32 Å². The maximum absolute atomic E-state index is 11.3. The van der Waals surface area contributed by atoms with Crippen molar-refractivity contribution >= 4 is 11.6 Å². The number of rotatable bonds is 2. The topological polar surface area (TPSA) is 49.3 Å². The van der Waals surface area contributed by atoms with Gasteiger partial charge < -0.3 is 10.4 Å². The number of amides is 1. The van der Waals surface area contributed by atoms with Crippen molar-refractivity contribution in [2.45, 2.75) is 20.8 Å². The van der Waals surface area contributed by atoms with Crippen molar-refractivity contribution in [1.82, 2.24) is 0 Å². The van der Waals surface area contributed by atoms with Crippen LogP contribution in [-0.4, -0.2) is 11.0 Å². The van der Waals surface area contributed by atoms with E-state index in [4.69, 9.17) is 0 Å². The fourth-order valence-electron chi connectivity index (χ4n) is 1.27. The molecular weight excluding hydrogens is 190 g/mol. The van der Waals surface area contributed by atoms with Gasteiger partial charge in [0, 0.05) is 11.3 Å². The van der Waals surface area contributed by atoms with Crippen LogP contribution in [0.25, 0.3) is 0 Å². The van der Waals surface area contributed by atoms with Crippen molar-refractivity contribution in [3.05, 3.63) is 35.4 Å². The largest absolute Gasteiger partial charge is 0.507 e. The Morgan fingerprint density at radius 1 is 1.33 bits per heavy atom. The van der Waals surface area contributed by atoms with Crippen LogP contribution in [0.1, 0.15) is 18.1 Å². The quantitative estimate of drug-likeness (QED) is 0.575. The first-order chi connectivity index (χ1) is 6.91. The Hall–Kier alpha value is -1.77. The van der Waals surface area contributed by atoms with Crippen LogP contribution in [0, 0.1) is 13.8 Å². The molecule has 1 aromatic carbocycles. The molecule has 0 aromatic heterocycles. The van der Waals surface area contributed by atoms with Gasteiger partial charge >= 0.3 is 0 Å². The van der Waals surface area contributed by atoms with Crippen molar-refractivity contribution in [1.29, 1.82) is 0 Å². The first-order valence-corrected chi connectivity index (χ1v) is 4.69. The molecule has 0 heterocycles. The van der Waals surface area contributed by atoms with E-state index in [9.17, 15) is 9.90 Å². The number of hydrogen-bond donors (Lipinski definition) is 2. The molecule has 1 amide bonds. The number of phenolic OH excluding ortho intramolecular Hbond substituents is 1. The Morgan fingerprint density at radius 2 is 1.80 bits per heavy atom. The highest BCUT2D eigenvalue weighted by molar-refractivity contribution is 6.02. The lowest BCUT2D eigenvalue weighted by molar-refractivity contribution is -0.112. The minimum absolute atomic E-state index is 0.209. The van der Waals surface area contributed by atoms with E-state index < -0.39 is 0 Å². The van der Waals surface area contributed by atoms with Gasteiger partial charge in [-0.25, -0.2) is 0 Å². The summed E-state index contributed by atoms with van der Waals surface area (Å²) < 4.78 is 0. The molecule has 1 rings (SSSR count). The lowest BCUT2D eigenvalue weighted by atomic mass is 10.1. The van der Waals surface area contributed by atoms with Crippen LogP contribution in [0.15, 0.2) is 24.3 Å². The Kier molecular flexibility index (Phi) is 3.14. The molecule has 2 N–H and O–H groups in total. The second-order valence-electron chi connectivity index (χ2n) is 3.69. The maximum atomic E-state index is 11.3. The lowest BCUT2D eigenvalue weighted by Crippen LogP contribution is -2.11. The molecule has 3 heteroatoms. The third-order valence-electron chi connectivity index (χ3n) is 2.14. The summed E-state index contributed by atoms with van der Waals surface area (Å²) in [6, 6.07) is 3.45. The van der Waals surface area contributed by atoms with Crippen LogP contribution >= 0.6 is 0 Å². The van der Waals surface area contributed by atoms with E-state index >= 15 is 0 Å². The summed E-state index contributed by atoms with van der Waals surface area (Å²) in [6.07, 6.45) is 0. The number of hydrogen-bond acceptors (Lipinski definition) is 2. The van der Waals surface area contributed by atoms with Crippen LogP contribution in [-0.2, 0) is 4.79 Å². The molecule has 15 heavy (non-hydrogen) atoms.